The van der Waals surface area contributed by atoms with Crippen LogP contribution in [0.1, 0.15) is 38.8 Å². The van der Waals surface area contributed by atoms with Gasteiger partial charge < -0.3 is 5.32 Å². The summed E-state index contributed by atoms with van der Waals surface area (Å²) in [5.74, 6) is 0.275. The molecule has 0 heterocycles. The molecule has 5 nitrogen and oxygen atoms in total. The average Bonchev–Trinajstić information content (AvgIpc) is 2.41. The monoisotopic (exact) mass is 354 g/mol. The molecule has 0 atom stereocenters. The number of carbonyl (C=O) groups is 1. The van der Waals surface area contributed by atoms with Crippen LogP contribution in [0.15, 0.2) is 18.2 Å². The molecule has 1 N–H and O–H groups in total. The number of nitrogens with one attached hydrogen (secondary N) is 1. The van der Waals surface area contributed by atoms with Crippen LogP contribution in [0.2, 0.25) is 0 Å². The highest BCUT2D eigenvalue weighted by molar-refractivity contribution is 7.92. The van der Waals surface area contributed by atoms with Gasteiger partial charge >= 0.3 is 0 Å². The highest BCUT2D eigenvalue weighted by atomic mass is 32.2. The fourth-order valence-corrected chi connectivity index (χ4v) is 4.00. The zero-order chi connectivity index (χ0) is 18.7. The number of nitrogens with zero attached hydrogens (tertiary/aromatic N) is 1. The van der Waals surface area contributed by atoms with Gasteiger partial charge in [0.1, 0.15) is 6.54 Å². The minimum absolute atomic E-state index is 0.0110. The molecule has 0 bridgehead atoms. The van der Waals surface area contributed by atoms with E-state index in [0.717, 1.165) is 17.4 Å². The molecule has 0 aliphatic heterocycles. The summed E-state index contributed by atoms with van der Waals surface area (Å²) in [5.41, 5.74) is 2.25. The predicted octanol–water partition coefficient (Wildman–Crippen LogP) is 2.87. The van der Waals surface area contributed by atoms with E-state index in [-0.39, 0.29) is 30.3 Å². The van der Waals surface area contributed by atoms with Gasteiger partial charge in [0.05, 0.1) is 11.9 Å². The van der Waals surface area contributed by atoms with E-state index in [9.17, 15) is 13.2 Å². The summed E-state index contributed by atoms with van der Waals surface area (Å²) in [6, 6.07) is 5.59. The lowest BCUT2D eigenvalue weighted by atomic mass is 9.93. The van der Waals surface area contributed by atoms with Crippen molar-refractivity contribution in [2.24, 2.45) is 11.8 Å². The Hall–Kier alpha value is -1.56. The number of amides is 1. The Morgan fingerprint density at radius 1 is 1.08 bits per heavy atom. The van der Waals surface area contributed by atoms with Crippen molar-refractivity contribution < 1.29 is 13.2 Å². The number of aryl methyl sites for hydroxylation is 2. The van der Waals surface area contributed by atoms with Crippen LogP contribution in [-0.4, -0.2) is 33.2 Å². The van der Waals surface area contributed by atoms with Gasteiger partial charge in [-0.25, -0.2) is 8.42 Å². The van der Waals surface area contributed by atoms with Crippen LogP contribution in [0.4, 0.5) is 5.69 Å². The van der Waals surface area contributed by atoms with Crippen molar-refractivity contribution in [3.05, 3.63) is 29.3 Å². The first-order valence-corrected chi connectivity index (χ1v) is 10.1. The number of sulfonamides is 1. The van der Waals surface area contributed by atoms with Crippen LogP contribution in [0.5, 0.6) is 0 Å². The van der Waals surface area contributed by atoms with E-state index in [1.54, 1.807) is 0 Å². The van der Waals surface area contributed by atoms with Crippen LogP contribution >= 0.6 is 0 Å². The second kappa shape index (κ2) is 8.01. The topological polar surface area (TPSA) is 66.5 Å². The zero-order valence-electron chi connectivity index (χ0n) is 15.8. The van der Waals surface area contributed by atoms with Crippen LogP contribution in [-0.2, 0) is 14.8 Å². The molecule has 1 aromatic rings. The molecule has 0 saturated heterocycles. The summed E-state index contributed by atoms with van der Waals surface area (Å²) < 4.78 is 25.7. The number of hydrogen-bond donors (Lipinski definition) is 1. The third kappa shape index (κ3) is 5.23. The molecule has 24 heavy (non-hydrogen) atoms. The molecule has 1 aromatic carbocycles. The third-order valence-corrected chi connectivity index (χ3v) is 5.25. The number of rotatable bonds is 7. The Bertz CT molecular complexity index is 653. The molecule has 1 amide bonds. The van der Waals surface area contributed by atoms with Crippen LogP contribution in [0.25, 0.3) is 0 Å². The molecule has 0 fully saturated rings. The molecule has 0 unspecified atom stereocenters. The number of benzene rings is 1. The Balaban J connectivity index is 3.11. The van der Waals surface area contributed by atoms with Gasteiger partial charge in [0.15, 0.2) is 0 Å². The minimum Gasteiger partial charge on any atom is -0.351 e. The molecule has 0 radical (unpaired) electrons. The molecule has 1 rings (SSSR count). The second-order valence-electron chi connectivity index (χ2n) is 7.09. The van der Waals surface area contributed by atoms with Gasteiger partial charge in [-0.15, -0.1) is 0 Å². The quantitative estimate of drug-likeness (QED) is 0.819. The average molecular weight is 355 g/mol. The minimum atomic E-state index is -3.56. The van der Waals surface area contributed by atoms with Gasteiger partial charge in [-0.1, -0.05) is 45.9 Å². The lowest BCUT2D eigenvalue weighted by Crippen LogP contribution is -2.48. The van der Waals surface area contributed by atoms with Crippen LogP contribution in [0.3, 0.4) is 0 Å². The Morgan fingerprint density at radius 2 is 1.54 bits per heavy atom. The van der Waals surface area contributed by atoms with Crippen LogP contribution < -0.4 is 9.62 Å². The van der Waals surface area contributed by atoms with Crippen molar-refractivity contribution in [1.82, 2.24) is 5.32 Å². The highest BCUT2D eigenvalue weighted by Gasteiger charge is 2.26. The Labute approximate surface area is 146 Å². The molecular formula is C18H30N2O3S. The lowest BCUT2D eigenvalue weighted by molar-refractivity contribution is -0.121. The molecule has 136 valence electrons. The maximum atomic E-state index is 12.5. The second-order valence-corrected chi connectivity index (χ2v) is 9.00. The van der Waals surface area contributed by atoms with Gasteiger partial charge in [-0.3, -0.25) is 9.10 Å². The summed E-state index contributed by atoms with van der Waals surface area (Å²) in [6.45, 7) is 11.7. The van der Waals surface area contributed by atoms with E-state index >= 15 is 0 Å². The van der Waals surface area contributed by atoms with Gasteiger partial charge in [-0.05, 0) is 36.8 Å². The molecule has 6 heteroatoms. The van der Waals surface area contributed by atoms with Gasteiger partial charge in [-0.2, -0.15) is 0 Å². The van der Waals surface area contributed by atoms with Crippen molar-refractivity contribution in [3.8, 4) is 0 Å². The SMILES string of the molecule is Cc1cccc(C)c1N(CC(=O)NC(C(C)C)C(C)C)S(C)(=O)=O. The summed E-state index contributed by atoms with van der Waals surface area (Å²) in [7, 11) is -3.56. The zero-order valence-corrected chi connectivity index (χ0v) is 16.6. The third-order valence-electron chi connectivity index (χ3n) is 4.14. The number of carbonyl (C=O) groups excluding carboxylic acids is 1. The molecular weight excluding hydrogens is 324 g/mol. The highest BCUT2D eigenvalue weighted by Crippen LogP contribution is 2.26. The fraction of sp³-hybridized carbons (Fsp3) is 0.611. The summed E-state index contributed by atoms with van der Waals surface area (Å²) >= 11 is 0. The first kappa shape index (κ1) is 20.5. The van der Waals surface area contributed by atoms with Crippen molar-refractivity contribution in [2.75, 3.05) is 17.1 Å². The maximum absolute atomic E-state index is 12.5. The number of anilines is 1. The largest absolute Gasteiger partial charge is 0.351 e. The first-order valence-electron chi connectivity index (χ1n) is 8.28. The predicted molar refractivity (Wildman–Crippen MR) is 99.7 cm³/mol. The van der Waals surface area contributed by atoms with E-state index in [0.29, 0.717) is 5.69 Å². The molecule has 0 aliphatic carbocycles. The summed E-state index contributed by atoms with van der Waals surface area (Å²) in [4.78, 5) is 12.5. The molecule has 0 aliphatic rings. The van der Waals surface area contributed by atoms with Crippen molar-refractivity contribution in [1.29, 1.82) is 0 Å². The summed E-state index contributed by atoms with van der Waals surface area (Å²) in [6.07, 6.45) is 1.13. The molecule has 0 aromatic heterocycles. The number of para-hydroxylation sites is 1. The van der Waals surface area contributed by atoms with Crippen molar-refractivity contribution >= 4 is 21.6 Å². The Morgan fingerprint density at radius 3 is 1.92 bits per heavy atom. The standard InChI is InChI=1S/C18H30N2O3S/c1-12(2)17(13(3)4)19-16(21)11-20(24(7,22)23)18-14(5)9-8-10-15(18)6/h8-10,12-13,17H,11H2,1-7H3,(H,19,21). The Kier molecular flexibility index (Phi) is 6.84. The van der Waals surface area contributed by atoms with E-state index < -0.39 is 10.0 Å². The molecule has 0 saturated carbocycles. The van der Waals surface area contributed by atoms with E-state index in [2.05, 4.69) is 5.32 Å². The normalized spacial score (nSPS) is 12.1. The first-order chi connectivity index (χ1) is 10.9. The smallest absolute Gasteiger partial charge is 0.241 e. The van der Waals surface area contributed by atoms with Crippen LogP contribution in [0, 0.1) is 25.7 Å². The van der Waals surface area contributed by atoms with Gasteiger partial charge in [0.2, 0.25) is 15.9 Å². The maximum Gasteiger partial charge on any atom is 0.241 e. The van der Waals surface area contributed by atoms with Crippen molar-refractivity contribution in [3.63, 3.8) is 0 Å². The van der Waals surface area contributed by atoms with E-state index in [1.807, 2.05) is 59.7 Å². The lowest BCUT2D eigenvalue weighted by Gasteiger charge is -2.29. The van der Waals surface area contributed by atoms with Crippen molar-refractivity contribution in [2.45, 2.75) is 47.6 Å². The van der Waals surface area contributed by atoms with E-state index in [4.69, 9.17) is 0 Å². The molecule has 0 spiro atoms. The van der Waals surface area contributed by atoms with Gasteiger partial charge in [0, 0.05) is 6.04 Å². The summed E-state index contributed by atoms with van der Waals surface area (Å²) in [5, 5.41) is 2.98. The number of hydrogen-bond acceptors (Lipinski definition) is 3. The van der Waals surface area contributed by atoms with E-state index in [1.165, 1.54) is 4.31 Å². The van der Waals surface area contributed by atoms with Gasteiger partial charge in [0.25, 0.3) is 0 Å². The fourth-order valence-electron chi connectivity index (χ4n) is 3.03.